The van der Waals surface area contributed by atoms with Crippen LogP contribution in [-0.2, 0) is 20.8 Å². The fourth-order valence-corrected chi connectivity index (χ4v) is 7.46. The molecule has 2 saturated heterocycles. The Morgan fingerprint density at radius 3 is 1.62 bits per heavy atom. The van der Waals surface area contributed by atoms with Crippen molar-refractivity contribution in [2.45, 2.75) is 43.6 Å². The van der Waals surface area contributed by atoms with Gasteiger partial charge in [0.2, 0.25) is 17.7 Å². The van der Waals surface area contributed by atoms with E-state index in [1.54, 1.807) is 0 Å². The third-order valence-corrected chi connectivity index (χ3v) is 9.02. The highest BCUT2D eigenvalue weighted by atomic mass is 16.2. The summed E-state index contributed by atoms with van der Waals surface area (Å²) >= 11 is 0. The molecule has 2 aliphatic heterocycles. The molecule has 5 heteroatoms. The summed E-state index contributed by atoms with van der Waals surface area (Å²) in [6.07, 6.45) is 3.39. The van der Waals surface area contributed by atoms with Gasteiger partial charge in [0.25, 0.3) is 0 Å². The van der Waals surface area contributed by atoms with Crippen LogP contribution in [0.15, 0.2) is 78.9 Å². The number of carbonyl (C=O) groups excluding carboxylic acids is 3. The van der Waals surface area contributed by atoms with Crippen LogP contribution >= 0.6 is 0 Å². The fourth-order valence-electron chi connectivity index (χ4n) is 7.46. The number of imide groups is 1. The number of likely N-dealkylation sites (tertiary alicyclic amines) is 2. The quantitative estimate of drug-likeness (QED) is 0.506. The zero-order valence-corrected chi connectivity index (χ0v) is 20.8. The molecule has 2 fully saturated rings. The Kier molecular flexibility index (Phi) is 5.27. The minimum absolute atomic E-state index is 0.0914. The Balaban J connectivity index is 1.32. The van der Waals surface area contributed by atoms with E-state index in [1.165, 1.54) is 4.90 Å². The number of benzene rings is 3. The molecule has 0 radical (unpaired) electrons. The summed E-state index contributed by atoms with van der Waals surface area (Å²) in [5, 5.41) is 0. The van der Waals surface area contributed by atoms with Crippen LogP contribution in [0.1, 0.15) is 58.9 Å². The van der Waals surface area contributed by atoms with Crippen LogP contribution in [0.3, 0.4) is 0 Å². The van der Waals surface area contributed by atoms with E-state index < -0.39 is 17.9 Å². The molecule has 3 atom stereocenters. The van der Waals surface area contributed by atoms with E-state index in [9.17, 15) is 14.4 Å². The van der Waals surface area contributed by atoms with E-state index in [0.29, 0.717) is 19.5 Å². The third kappa shape index (κ3) is 3.33. The Bertz CT molecular complexity index is 1280. The molecule has 0 aromatic heterocycles. The molecular weight excluding hydrogens is 460 g/mol. The zero-order valence-electron chi connectivity index (χ0n) is 20.8. The molecule has 3 aliphatic carbocycles. The highest BCUT2D eigenvalue weighted by molar-refractivity contribution is 6.10. The summed E-state index contributed by atoms with van der Waals surface area (Å²) in [4.78, 5) is 45.9. The summed E-state index contributed by atoms with van der Waals surface area (Å²) in [5.41, 5.74) is 5.56. The van der Waals surface area contributed by atoms with Crippen LogP contribution in [0.4, 0.5) is 0 Å². The van der Waals surface area contributed by atoms with Crippen molar-refractivity contribution >= 4 is 17.7 Å². The van der Waals surface area contributed by atoms with Gasteiger partial charge >= 0.3 is 0 Å². The van der Waals surface area contributed by atoms with Crippen molar-refractivity contribution in [2.75, 3.05) is 13.1 Å². The molecule has 5 nitrogen and oxygen atoms in total. The minimum atomic E-state index is -0.809. The predicted octanol–water partition coefficient (Wildman–Crippen LogP) is 4.50. The normalized spacial score (nSPS) is 26.5. The molecule has 186 valence electrons. The number of hydrogen-bond acceptors (Lipinski definition) is 3. The molecule has 3 amide bonds. The lowest BCUT2D eigenvalue weighted by Gasteiger charge is -2.45. The zero-order chi connectivity index (χ0) is 25.1. The number of rotatable bonds is 4. The molecule has 3 aromatic carbocycles. The van der Waals surface area contributed by atoms with E-state index in [1.807, 2.05) is 59.5 Å². The van der Waals surface area contributed by atoms with Crippen molar-refractivity contribution in [2.24, 2.45) is 11.8 Å². The van der Waals surface area contributed by atoms with Crippen LogP contribution in [0.2, 0.25) is 0 Å². The van der Waals surface area contributed by atoms with Gasteiger partial charge in [-0.25, -0.2) is 0 Å². The number of carbonyl (C=O) groups is 3. The first kappa shape index (κ1) is 22.5. The molecule has 0 N–H and O–H groups in total. The summed E-state index contributed by atoms with van der Waals surface area (Å²) in [7, 11) is 0. The standard InChI is InChI=1S/C32H30N2O3/c35-30(33-17-9-2-10-18-33)25(19-20-11-3-1-4-12-20)34-31(36)28-26-21-13-5-6-14-22(21)27(29(28)32(34)37)24-16-8-7-15-23(24)26/h1,3-8,11-16,25-29H,2,9-10,17-19H2/t25-,26?,27?,28+,29+/m1/s1. The number of piperidine rings is 1. The third-order valence-electron chi connectivity index (χ3n) is 9.02. The number of hydrogen-bond donors (Lipinski definition) is 0. The van der Waals surface area contributed by atoms with Crippen LogP contribution in [-0.4, -0.2) is 46.7 Å². The maximum atomic E-state index is 14.3. The first-order valence-electron chi connectivity index (χ1n) is 13.5. The molecule has 0 spiro atoms. The average molecular weight is 491 g/mol. The van der Waals surface area contributed by atoms with Crippen LogP contribution in [0.25, 0.3) is 0 Å². The van der Waals surface area contributed by atoms with E-state index >= 15 is 0 Å². The van der Waals surface area contributed by atoms with Crippen molar-refractivity contribution in [1.29, 1.82) is 0 Å². The lowest BCUT2D eigenvalue weighted by molar-refractivity contribution is -0.152. The molecule has 37 heavy (non-hydrogen) atoms. The van der Waals surface area contributed by atoms with Gasteiger partial charge in [-0.3, -0.25) is 19.3 Å². The Morgan fingerprint density at radius 1 is 0.676 bits per heavy atom. The molecule has 0 saturated carbocycles. The van der Waals surface area contributed by atoms with E-state index in [4.69, 9.17) is 0 Å². The SMILES string of the molecule is O=C([C@@H](Cc1ccccc1)N1C(=O)[C@H]2C3c4ccccc4C(c4ccccc43)[C@@H]2C1=O)N1CCCCC1. The van der Waals surface area contributed by atoms with Gasteiger partial charge in [0.15, 0.2) is 0 Å². The summed E-state index contributed by atoms with van der Waals surface area (Å²) < 4.78 is 0. The van der Waals surface area contributed by atoms with E-state index in [2.05, 4.69) is 24.3 Å². The van der Waals surface area contributed by atoms with E-state index in [-0.39, 0.29) is 29.6 Å². The van der Waals surface area contributed by atoms with Gasteiger partial charge in [-0.2, -0.15) is 0 Å². The van der Waals surface area contributed by atoms with Gasteiger partial charge < -0.3 is 4.90 Å². The monoisotopic (exact) mass is 490 g/mol. The molecule has 5 aliphatic rings. The summed E-state index contributed by atoms with van der Waals surface area (Å²) in [5.74, 6) is -1.70. The van der Waals surface area contributed by atoms with Gasteiger partial charge in [0.1, 0.15) is 6.04 Å². The second-order valence-electron chi connectivity index (χ2n) is 10.9. The fraction of sp³-hybridized carbons (Fsp3) is 0.344. The molecular formula is C32H30N2O3. The smallest absolute Gasteiger partial charge is 0.246 e. The second kappa shape index (κ2) is 8.69. The van der Waals surface area contributed by atoms with Crippen LogP contribution in [0, 0.1) is 11.8 Å². The second-order valence-corrected chi connectivity index (χ2v) is 10.9. The van der Waals surface area contributed by atoms with Crippen LogP contribution in [0.5, 0.6) is 0 Å². The molecule has 2 bridgehead atoms. The van der Waals surface area contributed by atoms with Gasteiger partial charge in [-0.05, 0) is 47.1 Å². The van der Waals surface area contributed by atoms with Gasteiger partial charge in [-0.15, -0.1) is 0 Å². The summed E-state index contributed by atoms with van der Waals surface area (Å²) in [6.45, 7) is 1.38. The van der Waals surface area contributed by atoms with Crippen molar-refractivity contribution < 1.29 is 14.4 Å². The number of nitrogens with zero attached hydrogens (tertiary/aromatic N) is 2. The first-order chi connectivity index (χ1) is 18.1. The Morgan fingerprint density at radius 2 is 1.14 bits per heavy atom. The van der Waals surface area contributed by atoms with Crippen molar-refractivity contribution in [3.05, 3.63) is 107 Å². The average Bonchev–Trinajstić information content (AvgIpc) is 3.22. The first-order valence-corrected chi connectivity index (χ1v) is 13.5. The van der Waals surface area contributed by atoms with Crippen LogP contribution < -0.4 is 0 Å². The highest BCUT2D eigenvalue weighted by Gasteiger charge is 2.63. The maximum Gasteiger partial charge on any atom is 0.246 e. The lowest BCUT2D eigenvalue weighted by Crippen LogP contribution is -2.53. The molecule has 0 unspecified atom stereocenters. The molecule has 8 rings (SSSR count). The Hall–Kier alpha value is -3.73. The number of amides is 3. The topological polar surface area (TPSA) is 57.7 Å². The predicted molar refractivity (Wildman–Crippen MR) is 140 cm³/mol. The lowest BCUT2D eigenvalue weighted by atomic mass is 9.55. The van der Waals surface area contributed by atoms with Crippen molar-refractivity contribution in [1.82, 2.24) is 9.80 Å². The summed E-state index contributed by atoms with van der Waals surface area (Å²) in [6, 6.07) is 25.5. The Labute approximate surface area is 217 Å². The van der Waals surface area contributed by atoms with Gasteiger partial charge in [0, 0.05) is 31.3 Å². The largest absolute Gasteiger partial charge is 0.341 e. The van der Waals surface area contributed by atoms with Gasteiger partial charge in [-0.1, -0.05) is 78.9 Å². The highest BCUT2D eigenvalue weighted by Crippen LogP contribution is 2.61. The van der Waals surface area contributed by atoms with Crippen molar-refractivity contribution in [3.8, 4) is 0 Å². The molecule has 3 aromatic rings. The van der Waals surface area contributed by atoms with E-state index in [0.717, 1.165) is 47.1 Å². The minimum Gasteiger partial charge on any atom is -0.341 e. The van der Waals surface area contributed by atoms with Crippen molar-refractivity contribution in [3.63, 3.8) is 0 Å². The maximum absolute atomic E-state index is 14.3. The molecule has 2 heterocycles. The van der Waals surface area contributed by atoms with Gasteiger partial charge in [0.05, 0.1) is 11.8 Å².